The summed E-state index contributed by atoms with van der Waals surface area (Å²) in [6.07, 6.45) is 0.844. The van der Waals surface area contributed by atoms with Crippen LogP contribution in [-0.2, 0) is 22.3 Å². The fraction of sp³-hybridized carbons (Fsp3) is 0.292. The van der Waals surface area contributed by atoms with Gasteiger partial charge in [-0.3, -0.25) is 14.6 Å². The van der Waals surface area contributed by atoms with E-state index < -0.39 is 29.1 Å². The normalized spacial score (nSPS) is 17.1. The molecule has 0 saturated carbocycles. The number of ether oxygens (including phenoxy) is 2. The van der Waals surface area contributed by atoms with Crippen molar-refractivity contribution in [1.29, 1.82) is 0 Å². The Morgan fingerprint density at radius 3 is 2.58 bits per heavy atom. The van der Waals surface area contributed by atoms with Crippen LogP contribution in [0.1, 0.15) is 28.0 Å². The van der Waals surface area contributed by atoms with Crippen molar-refractivity contribution in [1.82, 2.24) is 25.6 Å². The molecule has 4 rings (SSSR count). The van der Waals surface area contributed by atoms with Crippen molar-refractivity contribution in [2.24, 2.45) is 0 Å². The van der Waals surface area contributed by atoms with E-state index in [0.717, 1.165) is 6.07 Å². The lowest BCUT2D eigenvalue weighted by Crippen LogP contribution is -2.59. The molecule has 2 aromatic heterocycles. The van der Waals surface area contributed by atoms with E-state index in [9.17, 15) is 22.8 Å². The van der Waals surface area contributed by atoms with Gasteiger partial charge in [-0.25, -0.2) is 9.97 Å². The zero-order valence-electron chi connectivity index (χ0n) is 19.9. The highest BCUT2D eigenvalue weighted by atomic mass is 35.5. The molecular weight excluding hydrogens is 529 g/mol. The maximum Gasteiger partial charge on any atom is 0.418 e. The summed E-state index contributed by atoms with van der Waals surface area (Å²) < 4.78 is 50.8. The van der Waals surface area contributed by atoms with Gasteiger partial charge in [0.1, 0.15) is 17.6 Å². The van der Waals surface area contributed by atoms with E-state index in [-0.39, 0.29) is 59.6 Å². The number of nitrogens with one attached hydrogen (secondary N) is 3. The number of anilines is 2. The van der Waals surface area contributed by atoms with Crippen molar-refractivity contribution < 1.29 is 32.2 Å². The average Bonchev–Trinajstić information content (AvgIpc) is 3.38. The van der Waals surface area contributed by atoms with Crippen LogP contribution >= 0.6 is 11.6 Å². The van der Waals surface area contributed by atoms with Crippen LogP contribution in [0, 0.1) is 0 Å². The highest BCUT2D eigenvalue weighted by Crippen LogP contribution is 2.38. The number of pyridine rings is 1. The Morgan fingerprint density at radius 2 is 1.95 bits per heavy atom. The van der Waals surface area contributed by atoms with E-state index in [1.165, 1.54) is 50.2 Å². The minimum Gasteiger partial charge on any atom is -0.497 e. The number of carbonyl (C=O) groups excluding carboxylic acids is 2. The summed E-state index contributed by atoms with van der Waals surface area (Å²) in [5.74, 6) is -0.980. The zero-order valence-corrected chi connectivity index (χ0v) is 20.7. The first kappa shape index (κ1) is 27.1. The highest BCUT2D eigenvalue weighted by molar-refractivity contribution is 6.31. The third-order valence-corrected chi connectivity index (χ3v) is 6.10. The third kappa shape index (κ3) is 6.11. The summed E-state index contributed by atoms with van der Waals surface area (Å²) in [7, 11) is 1.28. The predicted octanol–water partition coefficient (Wildman–Crippen LogP) is 3.50. The lowest BCUT2D eigenvalue weighted by molar-refractivity contribution is -0.137. The maximum atomic E-state index is 13.5. The molecule has 3 N–H and O–H groups in total. The topological polar surface area (TPSA) is 127 Å². The molecule has 200 valence electrons. The molecule has 1 saturated heterocycles. The fourth-order valence-electron chi connectivity index (χ4n) is 3.75. The molecule has 1 atom stereocenters. The number of benzene rings is 1. The number of amides is 2. The minimum atomic E-state index is -4.62. The quantitative estimate of drug-likeness (QED) is 0.389. The largest absolute Gasteiger partial charge is 0.497 e. The Bertz CT molecular complexity index is 1320. The number of aromatic nitrogens is 3. The van der Waals surface area contributed by atoms with Crippen molar-refractivity contribution in [2.75, 3.05) is 25.6 Å². The van der Waals surface area contributed by atoms with Crippen LogP contribution < -0.4 is 20.7 Å². The number of methoxy groups -OCH3 is 1. The average molecular weight is 551 g/mol. The number of carbonyl (C=O) groups is 2. The van der Waals surface area contributed by atoms with Crippen molar-refractivity contribution >= 4 is 34.8 Å². The van der Waals surface area contributed by atoms with Gasteiger partial charge in [-0.2, -0.15) is 13.2 Å². The Morgan fingerprint density at radius 1 is 1.18 bits per heavy atom. The van der Waals surface area contributed by atoms with Gasteiger partial charge in [0.25, 0.3) is 5.91 Å². The summed E-state index contributed by atoms with van der Waals surface area (Å²) >= 11 is 6.31. The lowest BCUT2D eigenvalue weighted by Gasteiger charge is -2.27. The SMILES string of the molecule is COc1ccc(Nc2cnc(CNC(=O)[C@]3(NC(=O)c4cncnc4)CCOC3)c(Cl)c2)c(C(F)(F)F)c1. The van der Waals surface area contributed by atoms with Crippen molar-refractivity contribution in [2.45, 2.75) is 24.7 Å². The van der Waals surface area contributed by atoms with Gasteiger partial charge in [0.05, 0.1) is 59.7 Å². The summed E-state index contributed by atoms with van der Waals surface area (Å²) in [4.78, 5) is 37.5. The standard InChI is InChI=1S/C24H22ClF3N6O4/c1-37-16-2-3-19(17(7-16)24(26,27)28)33-15-6-18(25)20(31-10-15)11-32-22(36)23(4-5-38-12-23)34-21(35)14-8-29-13-30-9-14/h2-3,6-10,13,33H,4-5,11-12H2,1H3,(H,32,36)(H,34,35)/t23-/m0/s1. The summed E-state index contributed by atoms with van der Waals surface area (Å²) in [5.41, 5.74) is -1.78. The Kier molecular flexibility index (Phi) is 7.97. The van der Waals surface area contributed by atoms with Gasteiger partial charge in [0, 0.05) is 25.4 Å². The van der Waals surface area contributed by atoms with Gasteiger partial charge >= 0.3 is 6.18 Å². The molecule has 10 nitrogen and oxygen atoms in total. The Labute approximate surface area is 219 Å². The monoisotopic (exact) mass is 550 g/mol. The molecule has 0 spiro atoms. The van der Waals surface area contributed by atoms with Crippen LogP contribution in [0.4, 0.5) is 24.5 Å². The van der Waals surface area contributed by atoms with Gasteiger partial charge in [0.15, 0.2) is 0 Å². The van der Waals surface area contributed by atoms with Crippen LogP contribution in [0.25, 0.3) is 0 Å². The van der Waals surface area contributed by atoms with Gasteiger partial charge in [-0.15, -0.1) is 0 Å². The summed E-state index contributed by atoms with van der Waals surface area (Å²) in [6, 6.07) is 4.91. The predicted molar refractivity (Wildman–Crippen MR) is 130 cm³/mol. The highest BCUT2D eigenvalue weighted by Gasteiger charge is 2.44. The van der Waals surface area contributed by atoms with Gasteiger partial charge in [-0.1, -0.05) is 11.6 Å². The van der Waals surface area contributed by atoms with Crippen LogP contribution in [0.5, 0.6) is 5.75 Å². The van der Waals surface area contributed by atoms with Crippen LogP contribution in [0.15, 0.2) is 49.2 Å². The fourth-order valence-corrected chi connectivity index (χ4v) is 3.99. The first-order chi connectivity index (χ1) is 18.1. The molecule has 1 aliphatic heterocycles. The van der Waals surface area contributed by atoms with Crippen LogP contribution in [0.2, 0.25) is 5.02 Å². The second-order valence-electron chi connectivity index (χ2n) is 8.34. The molecule has 0 bridgehead atoms. The van der Waals surface area contributed by atoms with E-state index in [1.807, 2.05) is 0 Å². The second-order valence-corrected chi connectivity index (χ2v) is 8.74. The first-order valence-electron chi connectivity index (χ1n) is 11.2. The molecule has 3 aromatic rings. The molecular formula is C24H22ClF3N6O4. The van der Waals surface area contributed by atoms with Gasteiger partial charge in [0.2, 0.25) is 5.91 Å². The number of alkyl halides is 3. The maximum absolute atomic E-state index is 13.5. The molecule has 0 radical (unpaired) electrons. The molecule has 38 heavy (non-hydrogen) atoms. The number of hydrogen-bond donors (Lipinski definition) is 3. The molecule has 0 unspecified atom stereocenters. The van der Waals surface area contributed by atoms with Crippen molar-refractivity contribution in [3.05, 3.63) is 71.0 Å². The zero-order chi connectivity index (χ0) is 27.3. The smallest absolute Gasteiger partial charge is 0.418 e. The van der Waals surface area contributed by atoms with Crippen molar-refractivity contribution in [3.63, 3.8) is 0 Å². The van der Waals surface area contributed by atoms with E-state index in [2.05, 4.69) is 30.9 Å². The number of nitrogens with zero attached hydrogens (tertiary/aromatic N) is 3. The molecule has 0 aliphatic carbocycles. The summed E-state index contributed by atoms with van der Waals surface area (Å²) in [6.45, 7) is 0.135. The number of halogens is 4. The number of rotatable bonds is 8. The minimum absolute atomic E-state index is 0.0360. The third-order valence-electron chi connectivity index (χ3n) is 5.78. The first-order valence-corrected chi connectivity index (χ1v) is 11.6. The van der Waals surface area contributed by atoms with Gasteiger partial charge < -0.3 is 25.4 Å². The van der Waals surface area contributed by atoms with E-state index in [4.69, 9.17) is 21.1 Å². The van der Waals surface area contributed by atoms with Crippen LogP contribution in [-0.4, -0.2) is 52.6 Å². The molecule has 3 heterocycles. The molecule has 2 amide bonds. The van der Waals surface area contributed by atoms with E-state index >= 15 is 0 Å². The summed E-state index contributed by atoms with van der Waals surface area (Å²) in [5, 5.41) is 8.17. The van der Waals surface area contributed by atoms with E-state index in [1.54, 1.807) is 0 Å². The molecule has 1 aromatic carbocycles. The molecule has 1 aliphatic rings. The number of hydrogen-bond acceptors (Lipinski definition) is 8. The molecule has 14 heteroatoms. The van der Waals surface area contributed by atoms with Gasteiger partial charge in [-0.05, 0) is 24.3 Å². The van der Waals surface area contributed by atoms with Crippen molar-refractivity contribution in [3.8, 4) is 5.75 Å². The Balaban J connectivity index is 1.44. The van der Waals surface area contributed by atoms with E-state index in [0.29, 0.717) is 0 Å². The lowest BCUT2D eigenvalue weighted by atomic mass is 9.96. The van der Waals surface area contributed by atoms with Crippen LogP contribution in [0.3, 0.4) is 0 Å². The Hall–Kier alpha value is -3.97. The second kappa shape index (κ2) is 11.2. The molecule has 1 fully saturated rings.